The molecule has 3 rings (SSSR count). The lowest BCUT2D eigenvalue weighted by Gasteiger charge is -2.36. The molecule has 1 aliphatic heterocycles. The monoisotopic (exact) mass is 326 g/mol. The van der Waals surface area contributed by atoms with Crippen LogP contribution < -0.4 is 0 Å². The molecule has 0 aliphatic carbocycles. The zero-order valence-corrected chi connectivity index (χ0v) is 14.5. The van der Waals surface area contributed by atoms with Gasteiger partial charge in [-0.2, -0.15) is 0 Å². The molecule has 2 amide bonds. The molecule has 1 fully saturated rings. The molecular formula is C18H22N4O2. The summed E-state index contributed by atoms with van der Waals surface area (Å²) in [6.07, 6.45) is 0. The van der Waals surface area contributed by atoms with Gasteiger partial charge in [-0.15, -0.1) is 0 Å². The second-order valence-electron chi connectivity index (χ2n) is 6.51. The Morgan fingerprint density at radius 2 is 1.75 bits per heavy atom. The quantitative estimate of drug-likeness (QED) is 0.846. The van der Waals surface area contributed by atoms with E-state index >= 15 is 0 Å². The highest BCUT2D eigenvalue weighted by molar-refractivity contribution is 5.99. The summed E-state index contributed by atoms with van der Waals surface area (Å²) in [6.45, 7) is 9.06. The first kappa shape index (κ1) is 16.4. The van der Waals surface area contributed by atoms with Crippen LogP contribution in [0.4, 0.5) is 0 Å². The van der Waals surface area contributed by atoms with E-state index in [0.29, 0.717) is 24.2 Å². The van der Waals surface area contributed by atoms with Crippen LogP contribution in [0.2, 0.25) is 0 Å². The molecule has 1 aliphatic rings. The van der Waals surface area contributed by atoms with Gasteiger partial charge < -0.3 is 9.80 Å². The Balaban J connectivity index is 1.84. The fourth-order valence-electron chi connectivity index (χ4n) is 2.95. The number of aromatic nitrogens is 2. The fraction of sp³-hybridized carbons (Fsp3) is 0.444. The minimum atomic E-state index is -0.131. The van der Waals surface area contributed by atoms with Crippen molar-refractivity contribution < 1.29 is 9.59 Å². The van der Waals surface area contributed by atoms with Crippen LogP contribution in [0.25, 0.3) is 11.0 Å². The maximum atomic E-state index is 12.7. The van der Waals surface area contributed by atoms with Gasteiger partial charge in [-0.3, -0.25) is 9.59 Å². The van der Waals surface area contributed by atoms with E-state index in [4.69, 9.17) is 0 Å². The Bertz CT molecular complexity index is 816. The van der Waals surface area contributed by atoms with Crippen molar-refractivity contribution in [1.29, 1.82) is 0 Å². The van der Waals surface area contributed by atoms with Crippen molar-refractivity contribution in [2.75, 3.05) is 19.6 Å². The predicted octanol–water partition coefficient (Wildman–Crippen LogP) is 1.94. The molecule has 0 N–H and O–H groups in total. The van der Waals surface area contributed by atoms with Crippen molar-refractivity contribution >= 4 is 22.8 Å². The largest absolute Gasteiger partial charge is 0.337 e. The van der Waals surface area contributed by atoms with E-state index in [1.165, 1.54) is 0 Å². The van der Waals surface area contributed by atoms with Crippen LogP contribution in [0.3, 0.4) is 0 Å². The number of hydrogen-bond acceptors (Lipinski definition) is 4. The van der Waals surface area contributed by atoms with Gasteiger partial charge in [0.25, 0.3) is 5.91 Å². The Hall–Kier alpha value is -2.50. The molecule has 6 heteroatoms. The molecule has 2 aromatic rings. The highest BCUT2D eigenvalue weighted by Crippen LogP contribution is 2.17. The number of rotatable bonds is 2. The highest BCUT2D eigenvalue weighted by Gasteiger charge is 2.29. The number of nitrogens with zero attached hydrogens (tertiary/aromatic N) is 4. The molecule has 24 heavy (non-hydrogen) atoms. The Kier molecular flexibility index (Phi) is 4.22. The van der Waals surface area contributed by atoms with Crippen molar-refractivity contribution in [2.45, 2.75) is 33.7 Å². The summed E-state index contributed by atoms with van der Waals surface area (Å²) < 4.78 is 0. The van der Waals surface area contributed by atoms with E-state index in [0.717, 1.165) is 16.9 Å². The van der Waals surface area contributed by atoms with Gasteiger partial charge in [0.15, 0.2) is 0 Å². The third-order valence-electron chi connectivity index (χ3n) is 4.49. The third-order valence-corrected chi connectivity index (χ3v) is 4.49. The van der Waals surface area contributed by atoms with E-state index in [-0.39, 0.29) is 24.4 Å². The Morgan fingerprint density at radius 3 is 2.38 bits per heavy atom. The zero-order chi connectivity index (χ0) is 17.4. The zero-order valence-electron chi connectivity index (χ0n) is 14.5. The lowest BCUT2D eigenvalue weighted by atomic mass is 10.1. The normalized spacial score (nSPS) is 15.5. The molecule has 0 bridgehead atoms. The first-order chi connectivity index (χ1) is 11.4. The number of hydrogen-bond donors (Lipinski definition) is 0. The standard InChI is InChI=1S/C18H22N4O2/c1-11(2)22-8-7-21(10-17(22)23)18(24)14-5-6-15-16(9-14)20-13(4)12(3)19-15/h5-6,9,11H,7-8,10H2,1-4H3. The maximum absolute atomic E-state index is 12.7. The van der Waals surface area contributed by atoms with Gasteiger partial charge in [0.2, 0.25) is 5.91 Å². The van der Waals surface area contributed by atoms with Crippen LogP contribution in [-0.2, 0) is 4.79 Å². The molecule has 0 saturated carbocycles. The average Bonchev–Trinajstić information content (AvgIpc) is 2.54. The highest BCUT2D eigenvalue weighted by atomic mass is 16.2. The lowest BCUT2D eigenvalue weighted by molar-refractivity contribution is -0.136. The number of fused-ring (bicyclic) bond motifs is 1. The summed E-state index contributed by atoms with van der Waals surface area (Å²) in [5.74, 6) is -0.134. The van der Waals surface area contributed by atoms with E-state index < -0.39 is 0 Å². The summed E-state index contributed by atoms with van der Waals surface area (Å²) in [5.41, 5.74) is 3.77. The molecule has 2 heterocycles. The van der Waals surface area contributed by atoms with Crippen molar-refractivity contribution in [1.82, 2.24) is 19.8 Å². The number of piperazine rings is 1. The summed E-state index contributed by atoms with van der Waals surface area (Å²) >= 11 is 0. The number of carbonyl (C=O) groups excluding carboxylic acids is 2. The van der Waals surface area contributed by atoms with Gasteiger partial charge in [-0.25, -0.2) is 9.97 Å². The Labute approximate surface area is 141 Å². The van der Waals surface area contributed by atoms with Crippen LogP contribution in [-0.4, -0.2) is 57.3 Å². The van der Waals surface area contributed by atoms with E-state index in [2.05, 4.69) is 9.97 Å². The molecule has 126 valence electrons. The van der Waals surface area contributed by atoms with E-state index in [9.17, 15) is 9.59 Å². The molecule has 0 unspecified atom stereocenters. The number of benzene rings is 1. The molecular weight excluding hydrogens is 304 g/mol. The summed E-state index contributed by atoms with van der Waals surface area (Å²) in [6, 6.07) is 5.50. The number of carbonyl (C=O) groups is 2. The molecule has 0 atom stereocenters. The molecule has 1 aromatic heterocycles. The summed E-state index contributed by atoms with van der Waals surface area (Å²) in [4.78, 5) is 37.3. The van der Waals surface area contributed by atoms with Crippen molar-refractivity contribution in [3.05, 3.63) is 35.2 Å². The summed E-state index contributed by atoms with van der Waals surface area (Å²) in [7, 11) is 0. The second kappa shape index (κ2) is 6.19. The van der Waals surface area contributed by atoms with Crippen molar-refractivity contribution in [3.8, 4) is 0 Å². The van der Waals surface area contributed by atoms with Crippen LogP contribution in [0.1, 0.15) is 35.6 Å². The third kappa shape index (κ3) is 2.96. The van der Waals surface area contributed by atoms with Crippen LogP contribution in [0.15, 0.2) is 18.2 Å². The van der Waals surface area contributed by atoms with Crippen LogP contribution in [0, 0.1) is 13.8 Å². The van der Waals surface area contributed by atoms with Crippen molar-refractivity contribution in [3.63, 3.8) is 0 Å². The SMILES string of the molecule is Cc1nc2ccc(C(=O)N3CCN(C(C)C)C(=O)C3)cc2nc1C. The lowest BCUT2D eigenvalue weighted by Crippen LogP contribution is -2.54. The minimum Gasteiger partial charge on any atom is -0.337 e. The topological polar surface area (TPSA) is 66.4 Å². The molecule has 1 aromatic carbocycles. The van der Waals surface area contributed by atoms with Gasteiger partial charge in [0.05, 0.1) is 22.4 Å². The van der Waals surface area contributed by atoms with Gasteiger partial charge in [-0.1, -0.05) is 0 Å². The smallest absolute Gasteiger partial charge is 0.254 e. The van der Waals surface area contributed by atoms with Crippen LogP contribution >= 0.6 is 0 Å². The number of amides is 2. The molecule has 6 nitrogen and oxygen atoms in total. The maximum Gasteiger partial charge on any atom is 0.254 e. The average molecular weight is 326 g/mol. The first-order valence-corrected chi connectivity index (χ1v) is 8.20. The second-order valence-corrected chi connectivity index (χ2v) is 6.51. The number of aryl methyl sites for hydroxylation is 2. The molecule has 1 saturated heterocycles. The molecule has 0 spiro atoms. The fourth-order valence-corrected chi connectivity index (χ4v) is 2.95. The minimum absolute atomic E-state index is 0.00310. The summed E-state index contributed by atoms with van der Waals surface area (Å²) in [5, 5.41) is 0. The molecule has 0 radical (unpaired) electrons. The van der Waals surface area contributed by atoms with Gasteiger partial charge in [-0.05, 0) is 45.9 Å². The van der Waals surface area contributed by atoms with Gasteiger partial charge in [0, 0.05) is 24.7 Å². The Morgan fingerprint density at radius 1 is 1.08 bits per heavy atom. The van der Waals surface area contributed by atoms with Gasteiger partial charge >= 0.3 is 0 Å². The first-order valence-electron chi connectivity index (χ1n) is 8.20. The van der Waals surface area contributed by atoms with Crippen LogP contribution in [0.5, 0.6) is 0 Å². The van der Waals surface area contributed by atoms with Crippen molar-refractivity contribution in [2.24, 2.45) is 0 Å². The predicted molar refractivity (Wildman–Crippen MR) is 91.8 cm³/mol. The van der Waals surface area contributed by atoms with E-state index in [1.807, 2.05) is 38.7 Å². The van der Waals surface area contributed by atoms with Gasteiger partial charge in [0.1, 0.15) is 6.54 Å². The van der Waals surface area contributed by atoms with E-state index in [1.54, 1.807) is 17.0 Å².